The first-order valence-electron chi connectivity index (χ1n) is 10.9. The molecule has 0 bridgehead atoms. The van der Waals surface area contributed by atoms with E-state index in [0.29, 0.717) is 38.2 Å². The topological polar surface area (TPSA) is 41.6 Å². The molecule has 1 heterocycles. The third kappa shape index (κ3) is 6.22. The van der Waals surface area contributed by atoms with E-state index >= 15 is 0 Å². The molecular formula is C24H26F6N2O2. The standard InChI is InChI=1S/C24H26F6N2O2/c1-3-31-22(33)32-10-9-21(20(14-32)16-7-5-4-6-8-16)34-15(2)17-11-18(23(25,26)27)13-19(12-17)24(28,29)30/h4-8,11-13,15,20-21H,3,9-10,14H2,1-2H3,(H,31,33). The first-order chi connectivity index (χ1) is 15.9. The summed E-state index contributed by atoms with van der Waals surface area (Å²) in [5.74, 6) is -0.298. The molecule has 1 saturated heterocycles. The molecule has 0 aromatic heterocycles. The molecule has 1 N–H and O–H groups in total. The van der Waals surface area contributed by atoms with Gasteiger partial charge in [-0.25, -0.2) is 4.79 Å². The maximum atomic E-state index is 13.3. The SMILES string of the molecule is CCNC(=O)N1CCC(OC(C)c2cc(C(F)(F)F)cc(C(F)(F)F)c2)C(c2ccccc2)C1. The molecular weight excluding hydrogens is 462 g/mol. The summed E-state index contributed by atoms with van der Waals surface area (Å²) < 4.78 is 85.7. The monoisotopic (exact) mass is 488 g/mol. The highest BCUT2D eigenvalue weighted by Gasteiger charge is 2.38. The molecule has 2 aromatic rings. The van der Waals surface area contributed by atoms with E-state index in [0.717, 1.165) is 5.56 Å². The number of benzene rings is 2. The number of hydrogen-bond donors (Lipinski definition) is 1. The van der Waals surface area contributed by atoms with Crippen molar-refractivity contribution < 1.29 is 35.9 Å². The zero-order chi connectivity index (χ0) is 25.1. The summed E-state index contributed by atoms with van der Waals surface area (Å²) in [6, 6.07) is 10.5. The van der Waals surface area contributed by atoms with Crippen LogP contribution in [0.2, 0.25) is 0 Å². The summed E-state index contributed by atoms with van der Waals surface area (Å²) in [5, 5.41) is 2.74. The lowest BCUT2D eigenvalue weighted by molar-refractivity contribution is -0.143. The Morgan fingerprint density at radius 1 is 1.06 bits per heavy atom. The van der Waals surface area contributed by atoms with Gasteiger partial charge in [0.15, 0.2) is 0 Å². The van der Waals surface area contributed by atoms with Crippen molar-refractivity contribution in [3.63, 3.8) is 0 Å². The third-order valence-electron chi connectivity index (χ3n) is 5.85. The molecule has 3 unspecified atom stereocenters. The molecule has 0 spiro atoms. The van der Waals surface area contributed by atoms with Crippen LogP contribution in [-0.4, -0.2) is 36.7 Å². The molecule has 0 saturated carbocycles. The van der Waals surface area contributed by atoms with Crippen LogP contribution in [0, 0.1) is 0 Å². The highest BCUT2D eigenvalue weighted by Crippen LogP contribution is 2.39. The quantitative estimate of drug-likeness (QED) is 0.496. The van der Waals surface area contributed by atoms with Crippen LogP contribution in [-0.2, 0) is 17.1 Å². The van der Waals surface area contributed by atoms with Gasteiger partial charge < -0.3 is 15.0 Å². The van der Waals surface area contributed by atoms with Crippen molar-refractivity contribution in [1.82, 2.24) is 10.2 Å². The number of carbonyl (C=O) groups is 1. The zero-order valence-electron chi connectivity index (χ0n) is 18.7. The molecule has 2 aromatic carbocycles. The maximum absolute atomic E-state index is 13.3. The average molecular weight is 488 g/mol. The average Bonchev–Trinajstić information content (AvgIpc) is 2.78. The van der Waals surface area contributed by atoms with Crippen LogP contribution in [0.15, 0.2) is 48.5 Å². The Labute approximate surface area is 193 Å². The van der Waals surface area contributed by atoms with Crippen molar-refractivity contribution in [1.29, 1.82) is 0 Å². The fraction of sp³-hybridized carbons (Fsp3) is 0.458. The predicted molar refractivity (Wildman–Crippen MR) is 114 cm³/mol. The summed E-state index contributed by atoms with van der Waals surface area (Å²) in [6.07, 6.45) is -11.0. The smallest absolute Gasteiger partial charge is 0.370 e. The van der Waals surface area contributed by atoms with E-state index in [1.807, 2.05) is 30.3 Å². The van der Waals surface area contributed by atoms with Gasteiger partial charge in [-0.05, 0) is 49.6 Å². The van der Waals surface area contributed by atoms with Crippen molar-refractivity contribution in [2.24, 2.45) is 0 Å². The van der Waals surface area contributed by atoms with E-state index in [-0.39, 0.29) is 23.6 Å². The number of hydrogen-bond acceptors (Lipinski definition) is 2. The number of amides is 2. The Hall–Kier alpha value is -2.75. The number of rotatable bonds is 5. The molecule has 0 aliphatic carbocycles. The molecule has 186 valence electrons. The third-order valence-corrected chi connectivity index (χ3v) is 5.85. The van der Waals surface area contributed by atoms with Crippen LogP contribution in [0.25, 0.3) is 0 Å². The highest BCUT2D eigenvalue weighted by atomic mass is 19.4. The van der Waals surface area contributed by atoms with Gasteiger partial charge in [0.25, 0.3) is 0 Å². The molecule has 1 aliphatic heterocycles. The second-order valence-corrected chi connectivity index (χ2v) is 8.24. The first kappa shape index (κ1) is 25.9. The minimum atomic E-state index is -4.93. The van der Waals surface area contributed by atoms with Gasteiger partial charge in [-0.1, -0.05) is 30.3 Å². The largest absolute Gasteiger partial charge is 0.416 e. The maximum Gasteiger partial charge on any atom is 0.416 e. The molecule has 10 heteroatoms. The van der Waals surface area contributed by atoms with E-state index < -0.39 is 35.7 Å². The summed E-state index contributed by atoms with van der Waals surface area (Å²) in [4.78, 5) is 14.0. The number of alkyl halides is 6. The highest BCUT2D eigenvalue weighted by molar-refractivity contribution is 5.74. The zero-order valence-corrected chi connectivity index (χ0v) is 18.7. The van der Waals surface area contributed by atoms with E-state index in [9.17, 15) is 31.1 Å². The minimum Gasteiger partial charge on any atom is -0.370 e. The van der Waals surface area contributed by atoms with Gasteiger partial charge in [0, 0.05) is 25.6 Å². The lowest BCUT2D eigenvalue weighted by atomic mass is 9.87. The lowest BCUT2D eigenvalue weighted by Crippen LogP contribution is -2.49. The van der Waals surface area contributed by atoms with Crippen molar-refractivity contribution in [3.8, 4) is 0 Å². The van der Waals surface area contributed by atoms with Crippen molar-refractivity contribution >= 4 is 6.03 Å². The lowest BCUT2D eigenvalue weighted by Gasteiger charge is -2.40. The molecule has 4 nitrogen and oxygen atoms in total. The number of ether oxygens (including phenoxy) is 1. The summed E-state index contributed by atoms with van der Waals surface area (Å²) in [6.45, 7) is 4.36. The fourth-order valence-corrected chi connectivity index (χ4v) is 4.12. The van der Waals surface area contributed by atoms with E-state index in [2.05, 4.69) is 5.32 Å². The van der Waals surface area contributed by atoms with Crippen LogP contribution in [0.5, 0.6) is 0 Å². The van der Waals surface area contributed by atoms with Crippen molar-refractivity contribution in [2.45, 2.75) is 50.7 Å². The molecule has 34 heavy (non-hydrogen) atoms. The van der Waals surface area contributed by atoms with Gasteiger partial charge >= 0.3 is 18.4 Å². The van der Waals surface area contributed by atoms with Crippen LogP contribution in [0.3, 0.4) is 0 Å². The Balaban J connectivity index is 1.89. The molecule has 1 aliphatic rings. The molecule has 3 rings (SSSR count). The summed E-state index contributed by atoms with van der Waals surface area (Å²) in [5.41, 5.74) is -2.09. The Morgan fingerprint density at radius 2 is 1.65 bits per heavy atom. The second-order valence-electron chi connectivity index (χ2n) is 8.24. The predicted octanol–water partition coefficient (Wildman–Crippen LogP) is 6.39. The second kappa shape index (κ2) is 10.2. The van der Waals surface area contributed by atoms with Crippen LogP contribution >= 0.6 is 0 Å². The van der Waals surface area contributed by atoms with Gasteiger partial charge in [0.1, 0.15) is 0 Å². The number of piperidine rings is 1. The van der Waals surface area contributed by atoms with Crippen molar-refractivity contribution in [2.75, 3.05) is 19.6 Å². The van der Waals surface area contributed by atoms with Gasteiger partial charge in [0.2, 0.25) is 0 Å². The number of halogens is 6. The van der Waals surface area contributed by atoms with E-state index in [4.69, 9.17) is 4.74 Å². The van der Waals surface area contributed by atoms with Gasteiger partial charge in [-0.2, -0.15) is 26.3 Å². The molecule has 2 amide bonds. The van der Waals surface area contributed by atoms with Crippen LogP contribution in [0.1, 0.15) is 54.5 Å². The Morgan fingerprint density at radius 3 is 2.18 bits per heavy atom. The fourth-order valence-electron chi connectivity index (χ4n) is 4.12. The van der Waals surface area contributed by atoms with Crippen LogP contribution < -0.4 is 5.32 Å². The normalized spacial score (nSPS) is 20.2. The van der Waals surface area contributed by atoms with Gasteiger partial charge in [-0.15, -0.1) is 0 Å². The van der Waals surface area contributed by atoms with Gasteiger partial charge in [-0.3, -0.25) is 0 Å². The van der Waals surface area contributed by atoms with Gasteiger partial charge in [0.05, 0.1) is 23.3 Å². The molecule has 1 fully saturated rings. The van der Waals surface area contributed by atoms with Crippen LogP contribution in [0.4, 0.5) is 31.1 Å². The molecule has 0 radical (unpaired) electrons. The number of likely N-dealkylation sites (tertiary alicyclic amines) is 1. The number of nitrogens with zero attached hydrogens (tertiary/aromatic N) is 1. The Bertz CT molecular complexity index is 945. The summed E-state index contributed by atoms with van der Waals surface area (Å²) >= 11 is 0. The first-order valence-corrected chi connectivity index (χ1v) is 10.9. The van der Waals surface area contributed by atoms with E-state index in [1.54, 1.807) is 11.8 Å². The summed E-state index contributed by atoms with van der Waals surface area (Å²) in [7, 11) is 0. The number of nitrogens with one attached hydrogen (secondary N) is 1. The van der Waals surface area contributed by atoms with Crippen molar-refractivity contribution in [3.05, 3.63) is 70.8 Å². The Kier molecular flexibility index (Phi) is 7.80. The number of carbonyl (C=O) groups excluding carboxylic acids is 1. The molecule has 3 atom stereocenters. The minimum absolute atomic E-state index is 0.105. The van der Waals surface area contributed by atoms with E-state index in [1.165, 1.54) is 6.92 Å². The number of urea groups is 1.